The Morgan fingerprint density at radius 2 is 1.56 bits per heavy atom. The lowest BCUT2D eigenvalue weighted by molar-refractivity contribution is -0.147. The smallest absolute Gasteiger partial charge is 0.407 e. The van der Waals surface area contributed by atoms with Crippen LogP contribution in [0.25, 0.3) is 11.1 Å². The topological polar surface area (TPSA) is 95.9 Å². The van der Waals surface area contributed by atoms with Gasteiger partial charge < -0.3 is 20.1 Å². The monoisotopic (exact) mass is 464 g/mol. The predicted molar refractivity (Wildman–Crippen MR) is 128 cm³/mol. The quantitative estimate of drug-likeness (QED) is 0.643. The predicted octanol–water partition coefficient (Wildman–Crippen LogP) is 4.12. The van der Waals surface area contributed by atoms with Crippen molar-refractivity contribution < 1.29 is 24.2 Å². The lowest BCUT2D eigenvalue weighted by Gasteiger charge is -2.34. The number of piperidine rings is 1. The largest absolute Gasteiger partial charge is 0.481 e. The molecule has 0 aromatic heterocycles. The molecule has 7 heteroatoms. The maximum absolute atomic E-state index is 13.1. The SMILES string of the molecule is CC(C)C(CNC(=O)OCC1c2ccccc2-c2ccccc21)C(=O)N1CCC(C(=O)O)CC1. The van der Waals surface area contributed by atoms with Gasteiger partial charge in [0.1, 0.15) is 6.61 Å². The number of likely N-dealkylation sites (tertiary alicyclic amines) is 1. The zero-order chi connectivity index (χ0) is 24.2. The number of carbonyl (C=O) groups excluding carboxylic acids is 2. The summed E-state index contributed by atoms with van der Waals surface area (Å²) in [5.74, 6) is -1.61. The van der Waals surface area contributed by atoms with Crippen LogP contribution >= 0.6 is 0 Å². The second-order valence-corrected chi connectivity index (χ2v) is 9.49. The molecule has 1 unspecified atom stereocenters. The van der Waals surface area contributed by atoms with Crippen LogP contribution in [0.3, 0.4) is 0 Å². The molecule has 0 radical (unpaired) electrons. The minimum atomic E-state index is -0.801. The van der Waals surface area contributed by atoms with Crippen molar-refractivity contribution in [3.8, 4) is 11.1 Å². The minimum Gasteiger partial charge on any atom is -0.481 e. The highest BCUT2D eigenvalue weighted by atomic mass is 16.5. The van der Waals surface area contributed by atoms with Crippen LogP contribution < -0.4 is 5.32 Å². The number of fused-ring (bicyclic) bond motifs is 3. The molecule has 180 valence electrons. The summed E-state index contributed by atoms with van der Waals surface area (Å²) in [5, 5.41) is 12.0. The van der Waals surface area contributed by atoms with E-state index in [-0.39, 0.29) is 42.7 Å². The number of nitrogens with one attached hydrogen (secondary N) is 1. The van der Waals surface area contributed by atoms with E-state index in [9.17, 15) is 19.5 Å². The number of carboxylic acids is 1. The molecule has 2 aliphatic rings. The number of benzene rings is 2. The standard InChI is InChI=1S/C27H32N2O5/c1-17(2)23(25(30)29-13-11-18(12-14-29)26(31)32)15-28-27(33)34-16-24-21-9-5-3-7-19(21)20-8-4-6-10-22(20)24/h3-10,17-18,23-24H,11-16H2,1-2H3,(H,28,33)(H,31,32). The van der Waals surface area contributed by atoms with Crippen molar-refractivity contribution >= 4 is 18.0 Å². The van der Waals surface area contributed by atoms with Gasteiger partial charge in [-0.3, -0.25) is 9.59 Å². The molecule has 1 aliphatic carbocycles. The third-order valence-electron chi connectivity index (χ3n) is 7.09. The van der Waals surface area contributed by atoms with E-state index in [0.717, 1.165) is 11.1 Å². The first kappa shape index (κ1) is 23.8. The van der Waals surface area contributed by atoms with E-state index in [1.165, 1.54) is 11.1 Å². The first-order chi connectivity index (χ1) is 16.4. The summed E-state index contributed by atoms with van der Waals surface area (Å²) in [6.45, 7) is 5.18. The van der Waals surface area contributed by atoms with Gasteiger partial charge in [-0.15, -0.1) is 0 Å². The van der Waals surface area contributed by atoms with Gasteiger partial charge in [0.2, 0.25) is 5.91 Å². The molecule has 2 amide bonds. The third-order valence-corrected chi connectivity index (χ3v) is 7.09. The van der Waals surface area contributed by atoms with Gasteiger partial charge in [0.05, 0.1) is 11.8 Å². The molecular formula is C27H32N2O5. The van der Waals surface area contributed by atoms with Crippen LogP contribution in [0, 0.1) is 17.8 Å². The average molecular weight is 465 g/mol. The zero-order valence-corrected chi connectivity index (χ0v) is 19.7. The Labute approximate surface area is 200 Å². The number of rotatable bonds is 7. The Hall–Kier alpha value is -3.35. The van der Waals surface area contributed by atoms with Gasteiger partial charge in [-0.2, -0.15) is 0 Å². The van der Waals surface area contributed by atoms with Gasteiger partial charge in [-0.05, 0) is 41.0 Å². The van der Waals surface area contributed by atoms with Gasteiger partial charge >= 0.3 is 12.1 Å². The lowest BCUT2D eigenvalue weighted by atomic mass is 9.91. The van der Waals surface area contributed by atoms with Gasteiger partial charge in [-0.1, -0.05) is 62.4 Å². The highest BCUT2D eigenvalue weighted by Crippen LogP contribution is 2.44. The van der Waals surface area contributed by atoms with E-state index in [4.69, 9.17) is 4.74 Å². The molecule has 1 atom stereocenters. The lowest BCUT2D eigenvalue weighted by Crippen LogP contribution is -2.47. The van der Waals surface area contributed by atoms with Crippen molar-refractivity contribution in [3.63, 3.8) is 0 Å². The molecule has 34 heavy (non-hydrogen) atoms. The summed E-state index contributed by atoms with van der Waals surface area (Å²) in [6.07, 6.45) is 0.391. The molecular weight excluding hydrogens is 432 g/mol. The van der Waals surface area contributed by atoms with Crippen molar-refractivity contribution in [2.45, 2.75) is 32.6 Å². The first-order valence-electron chi connectivity index (χ1n) is 12.0. The molecule has 1 aliphatic heterocycles. The Morgan fingerprint density at radius 3 is 2.09 bits per heavy atom. The second kappa shape index (κ2) is 10.3. The van der Waals surface area contributed by atoms with Crippen molar-refractivity contribution in [1.82, 2.24) is 10.2 Å². The van der Waals surface area contributed by atoms with E-state index in [1.54, 1.807) is 4.90 Å². The normalized spacial score (nSPS) is 16.6. The van der Waals surface area contributed by atoms with E-state index in [2.05, 4.69) is 29.6 Å². The Balaban J connectivity index is 1.32. The van der Waals surface area contributed by atoms with E-state index in [1.807, 2.05) is 38.1 Å². The number of amides is 2. The number of hydrogen-bond donors (Lipinski definition) is 2. The number of hydrogen-bond acceptors (Lipinski definition) is 4. The highest BCUT2D eigenvalue weighted by molar-refractivity contribution is 5.81. The Kier molecular flexibility index (Phi) is 7.20. The fraction of sp³-hybridized carbons (Fsp3) is 0.444. The number of alkyl carbamates (subject to hydrolysis) is 1. The minimum absolute atomic E-state index is 0.0174. The molecule has 4 rings (SSSR count). The van der Waals surface area contributed by atoms with Crippen molar-refractivity contribution in [3.05, 3.63) is 59.7 Å². The summed E-state index contributed by atoms with van der Waals surface area (Å²) in [4.78, 5) is 38.5. The van der Waals surface area contributed by atoms with Gasteiger partial charge in [0.15, 0.2) is 0 Å². The maximum atomic E-state index is 13.1. The van der Waals surface area contributed by atoms with E-state index < -0.39 is 12.1 Å². The molecule has 1 fully saturated rings. The summed E-state index contributed by atoms with van der Waals surface area (Å²) >= 11 is 0. The molecule has 2 N–H and O–H groups in total. The van der Waals surface area contributed by atoms with Crippen LogP contribution in [-0.2, 0) is 14.3 Å². The molecule has 1 saturated heterocycles. The van der Waals surface area contributed by atoms with Gasteiger partial charge in [0.25, 0.3) is 0 Å². The Morgan fingerprint density at radius 1 is 1.00 bits per heavy atom. The van der Waals surface area contributed by atoms with E-state index >= 15 is 0 Å². The fourth-order valence-corrected chi connectivity index (χ4v) is 5.03. The van der Waals surface area contributed by atoms with Crippen molar-refractivity contribution in [2.24, 2.45) is 17.8 Å². The molecule has 2 aromatic carbocycles. The van der Waals surface area contributed by atoms with Crippen LogP contribution in [0.5, 0.6) is 0 Å². The molecule has 0 bridgehead atoms. The maximum Gasteiger partial charge on any atom is 0.407 e. The number of aliphatic carboxylic acids is 1. The fourth-order valence-electron chi connectivity index (χ4n) is 5.03. The summed E-state index contributed by atoms with van der Waals surface area (Å²) < 4.78 is 5.60. The number of carbonyl (C=O) groups is 3. The second-order valence-electron chi connectivity index (χ2n) is 9.49. The number of nitrogens with zero attached hydrogens (tertiary/aromatic N) is 1. The Bertz CT molecular complexity index is 1010. The van der Waals surface area contributed by atoms with Crippen molar-refractivity contribution in [1.29, 1.82) is 0 Å². The molecule has 0 spiro atoms. The van der Waals surface area contributed by atoms with E-state index in [0.29, 0.717) is 25.9 Å². The first-order valence-corrected chi connectivity index (χ1v) is 12.0. The summed E-state index contributed by atoms with van der Waals surface area (Å²) in [6, 6.07) is 16.3. The molecule has 1 heterocycles. The van der Waals surface area contributed by atoms with Gasteiger partial charge in [-0.25, -0.2) is 4.79 Å². The van der Waals surface area contributed by atoms with Crippen LogP contribution in [0.15, 0.2) is 48.5 Å². The molecule has 7 nitrogen and oxygen atoms in total. The van der Waals surface area contributed by atoms with Crippen LogP contribution in [0.2, 0.25) is 0 Å². The van der Waals surface area contributed by atoms with Crippen molar-refractivity contribution in [2.75, 3.05) is 26.2 Å². The van der Waals surface area contributed by atoms with Crippen LogP contribution in [-0.4, -0.2) is 54.2 Å². The summed E-state index contributed by atoms with van der Waals surface area (Å²) in [5.41, 5.74) is 4.64. The summed E-state index contributed by atoms with van der Waals surface area (Å²) in [7, 11) is 0. The molecule has 0 saturated carbocycles. The highest BCUT2D eigenvalue weighted by Gasteiger charge is 2.33. The zero-order valence-electron chi connectivity index (χ0n) is 19.7. The van der Waals surface area contributed by atoms with Crippen LogP contribution in [0.1, 0.15) is 43.7 Å². The third kappa shape index (κ3) is 4.93. The average Bonchev–Trinajstić information content (AvgIpc) is 3.16. The van der Waals surface area contributed by atoms with Gasteiger partial charge in [0, 0.05) is 25.6 Å². The van der Waals surface area contributed by atoms with Crippen LogP contribution in [0.4, 0.5) is 4.79 Å². The number of carboxylic acid groups (broad SMARTS) is 1. The number of ether oxygens (including phenoxy) is 1. The molecule has 2 aromatic rings.